The van der Waals surface area contributed by atoms with E-state index < -0.39 is 0 Å². The summed E-state index contributed by atoms with van der Waals surface area (Å²) in [6.07, 6.45) is 0.719. The first kappa shape index (κ1) is 14.6. The van der Waals surface area contributed by atoms with Gasteiger partial charge in [0.2, 0.25) is 0 Å². The molecule has 0 aliphatic rings. The number of aryl methyl sites for hydroxylation is 2. The van der Waals surface area contributed by atoms with E-state index in [0.29, 0.717) is 11.4 Å². The molecular formula is C14H20N4OS. The van der Waals surface area contributed by atoms with Gasteiger partial charge in [0.25, 0.3) is 5.91 Å². The van der Waals surface area contributed by atoms with Crippen LogP contribution >= 0.6 is 11.3 Å². The minimum Gasteiger partial charge on any atom is -0.395 e. The number of amides is 1. The van der Waals surface area contributed by atoms with Crippen LogP contribution in [0.5, 0.6) is 0 Å². The molecule has 108 valence electrons. The van der Waals surface area contributed by atoms with Crippen LogP contribution in [-0.4, -0.2) is 27.6 Å². The minimum absolute atomic E-state index is 0.0156. The van der Waals surface area contributed by atoms with E-state index in [1.165, 1.54) is 0 Å². The number of hydrogen-bond donors (Lipinski definition) is 1. The van der Waals surface area contributed by atoms with Crippen molar-refractivity contribution in [3.05, 3.63) is 33.8 Å². The summed E-state index contributed by atoms with van der Waals surface area (Å²) in [6.45, 7) is 3.99. The standard InChI is InChI=1S/C14H20N4OS/c1-5-10-12(15)13(18(4)16-10)14(19)17(3)9(2)11-7-6-8-20-11/h6-9H,5,15H2,1-4H3. The number of anilines is 1. The van der Waals surface area contributed by atoms with E-state index in [1.54, 1.807) is 35.0 Å². The lowest BCUT2D eigenvalue weighted by Gasteiger charge is -2.24. The molecule has 0 saturated carbocycles. The molecule has 0 aliphatic carbocycles. The van der Waals surface area contributed by atoms with Gasteiger partial charge < -0.3 is 10.6 Å². The fraction of sp³-hybridized carbons (Fsp3) is 0.429. The fourth-order valence-corrected chi connectivity index (χ4v) is 3.00. The van der Waals surface area contributed by atoms with Crippen molar-refractivity contribution in [3.8, 4) is 0 Å². The Kier molecular flexibility index (Phi) is 4.13. The van der Waals surface area contributed by atoms with Gasteiger partial charge in [-0.3, -0.25) is 9.48 Å². The molecular weight excluding hydrogens is 272 g/mol. The van der Waals surface area contributed by atoms with Crippen molar-refractivity contribution in [2.24, 2.45) is 7.05 Å². The Morgan fingerprint density at radius 2 is 2.30 bits per heavy atom. The molecule has 6 heteroatoms. The number of thiophene rings is 1. The molecule has 0 aliphatic heterocycles. The summed E-state index contributed by atoms with van der Waals surface area (Å²) >= 11 is 1.64. The maximum Gasteiger partial charge on any atom is 0.274 e. The lowest BCUT2D eigenvalue weighted by molar-refractivity contribution is 0.0735. The zero-order valence-electron chi connectivity index (χ0n) is 12.3. The van der Waals surface area contributed by atoms with E-state index in [9.17, 15) is 4.79 Å². The second kappa shape index (κ2) is 5.66. The van der Waals surface area contributed by atoms with Gasteiger partial charge in [-0.1, -0.05) is 13.0 Å². The SMILES string of the molecule is CCc1nn(C)c(C(=O)N(C)C(C)c2cccs2)c1N. The van der Waals surface area contributed by atoms with Crippen LogP contribution < -0.4 is 5.73 Å². The van der Waals surface area contributed by atoms with Crippen molar-refractivity contribution in [3.63, 3.8) is 0 Å². The van der Waals surface area contributed by atoms with E-state index in [0.717, 1.165) is 17.0 Å². The summed E-state index contributed by atoms with van der Waals surface area (Å²) in [7, 11) is 3.55. The van der Waals surface area contributed by atoms with Crippen molar-refractivity contribution in [2.45, 2.75) is 26.3 Å². The zero-order chi connectivity index (χ0) is 14.9. The molecule has 2 rings (SSSR count). The molecule has 0 aromatic carbocycles. The maximum absolute atomic E-state index is 12.6. The summed E-state index contributed by atoms with van der Waals surface area (Å²) in [6, 6.07) is 4.04. The highest BCUT2D eigenvalue weighted by molar-refractivity contribution is 7.10. The van der Waals surface area contributed by atoms with Crippen LogP contribution in [0.1, 0.15) is 40.9 Å². The van der Waals surface area contributed by atoms with Gasteiger partial charge in [0.15, 0.2) is 0 Å². The molecule has 0 saturated heterocycles. The van der Waals surface area contributed by atoms with E-state index in [4.69, 9.17) is 5.73 Å². The van der Waals surface area contributed by atoms with E-state index in [1.807, 2.05) is 31.4 Å². The lowest BCUT2D eigenvalue weighted by Crippen LogP contribution is -2.31. The number of carbonyl (C=O) groups excluding carboxylic acids is 1. The number of nitrogens with two attached hydrogens (primary N) is 1. The highest BCUT2D eigenvalue weighted by atomic mass is 32.1. The van der Waals surface area contributed by atoms with Crippen LogP contribution in [0.25, 0.3) is 0 Å². The van der Waals surface area contributed by atoms with Crippen LogP contribution in [0.3, 0.4) is 0 Å². The topological polar surface area (TPSA) is 64.2 Å². The number of rotatable bonds is 4. The van der Waals surface area contributed by atoms with Gasteiger partial charge in [-0.25, -0.2) is 0 Å². The summed E-state index contributed by atoms with van der Waals surface area (Å²) < 4.78 is 1.58. The number of aromatic nitrogens is 2. The first-order valence-electron chi connectivity index (χ1n) is 6.59. The van der Waals surface area contributed by atoms with Gasteiger partial charge in [-0.05, 0) is 24.8 Å². The third-order valence-corrected chi connectivity index (χ3v) is 4.60. The van der Waals surface area contributed by atoms with Crippen LogP contribution in [0.2, 0.25) is 0 Å². The lowest BCUT2D eigenvalue weighted by atomic mass is 10.2. The van der Waals surface area contributed by atoms with Gasteiger partial charge >= 0.3 is 0 Å². The Morgan fingerprint density at radius 1 is 1.60 bits per heavy atom. The maximum atomic E-state index is 12.6. The average Bonchev–Trinajstić information content (AvgIpc) is 3.05. The molecule has 0 bridgehead atoms. The normalized spacial score (nSPS) is 12.4. The highest BCUT2D eigenvalue weighted by Crippen LogP contribution is 2.26. The predicted molar refractivity (Wildman–Crippen MR) is 81.8 cm³/mol. The number of nitrogen functional groups attached to an aromatic ring is 1. The zero-order valence-corrected chi connectivity index (χ0v) is 13.1. The van der Waals surface area contributed by atoms with Crippen molar-refractivity contribution < 1.29 is 4.79 Å². The molecule has 2 N–H and O–H groups in total. The Hall–Kier alpha value is -1.82. The molecule has 0 spiro atoms. The van der Waals surface area contributed by atoms with E-state index in [-0.39, 0.29) is 11.9 Å². The second-order valence-electron chi connectivity index (χ2n) is 4.79. The third-order valence-electron chi connectivity index (χ3n) is 3.55. The quantitative estimate of drug-likeness (QED) is 0.941. The molecule has 0 fully saturated rings. The van der Waals surface area contributed by atoms with Gasteiger partial charge in [0.05, 0.1) is 17.4 Å². The van der Waals surface area contributed by atoms with Crippen molar-refractivity contribution in [2.75, 3.05) is 12.8 Å². The molecule has 1 unspecified atom stereocenters. The predicted octanol–water partition coefficient (Wildman–Crippen LogP) is 2.46. The summed E-state index contributed by atoms with van der Waals surface area (Å²) in [5, 5.41) is 6.31. The van der Waals surface area contributed by atoms with Gasteiger partial charge in [-0.2, -0.15) is 5.10 Å². The average molecular weight is 292 g/mol. The van der Waals surface area contributed by atoms with Gasteiger partial charge in [0, 0.05) is 19.0 Å². The van der Waals surface area contributed by atoms with Crippen LogP contribution in [0, 0.1) is 0 Å². The second-order valence-corrected chi connectivity index (χ2v) is 5.77. The number of hydrogen-bond acceptors (Lipinski definition) is 4. The Labute approximate surface area is 123 Å². The largest absolute Gasteiger partial charge is 0.395 e. The molecule has 2 heterocycles. The fourth-order valence-electron chi connectivity index (χ4n) is 2.17. The Balaban J connectivity index is 2.29. The van der Waals surface area contributed by atoms with Crippen molar-refractivity contribution >= 4 is 22.9 Å². The highest BCUT2D eigenvalue weighted by Gasteiger charge is 2.25. The summed E-state index contributed by atoms with van der Waals surface area (Å²) in [5.41, 5.74) is 7.77. The first-order chi connectivity index (χ1) is 9.47. The van der Waals surface area contributed by atoms with E-state index in [2.05, 4.69) is 5.10 Å². The molecule has 20 heavy (non-hydrogen) atoms. The Bertz CT molecular complexity index is 603. The van der Waals surface area contributed by atoms with Crippen molar-refractivity contribution in [1.29, 1.82) is 0 Å². The molecule has 1 amide bonds. The monoisotopic (exact) mass is 292 g/mol. The van der Waals surface area contributed by atoms with Gasteiger partial charge in [0.1, 0.15) is 5.69 Å². The molecule has 1 atom stereocenters. The minimum atomic E-state index is -0.0990. The Morgan fingerprint density at radius 3 is 2.80 bits per heavy atom. The number of nitrogens with zero attached hydrogens (tertiary/aromatic N) is 3. The molecule has 2 aromatic rings. The number of carbonyl (C=O) groups is 1. The van der Waals surface area contributed by atoms with Gasteiger partial charge in [-0.15, -0.1) is 11.3 Å². The smallest absolute Gasteiger partial charge is 0.274 e. The summed E-state index contributed by atoms with van der Waals surface area (Å²) in [4.78, 5) is 15.5. The first-order valence-corrected chi connectivity index (χ1v) is 7.47. The van der Waals surface area contributed by atoms with Crippen LogP contribution in [-0.2, 0) is 13.5 Å². The van der Waals surface area contributed by atoms with Crippen LogP contribution in [0.15, 0.2) is 17.5 Å². The van der Waals surface area contributed by atoms with Crippen molar-refractivity contribution in [1.82, 2.24) is 14.7 Å². The molecule has 0 radical (unpaired) electrons. The molecule has 5 nitrogen and oxygen atoms in total. The third kappa shape index (κ3) is 2.43. The van der Waals surface area contributed by atoms with E-state index >= 15 is 0 Å². The molecule has 2 aromatic heterocycles. The van der Waals surface area contributed by atoms with Crippen LogP contribution in [0.4, 0.5) is 5.69 Å². The summed E-state index contributed by atoms with van der Waals surface area (Å²) in [5.74, 6) is -0.0990.